The second-order valence-electron chi connectivity index (χ2n) is 7.50. The Morgan fingerprint density at radius 3 is 1.92 bits per heavy atom. The highest BCUT2D eigenvalue weighted by Crippen LogP contribution is 2.26. The average molecular weight is 383 g/mol. The van der Waals surface area contributed by atoms with Crippen LogP contribution in [0.15, 0.2) is 0 Å². The predicted molar refractivity (Wildman–Crippen MR) is 103 cm³/mol. The van der Waals surface area contributed by atoms with Gasteiger partial charge in [0.2, 0.25) is 0 Å². The first kappa shape index (κ1) is 24.8. The van der Waals surface area contributed by atoms with Crippen LogP contribution in [-0.2, 0) is 14.5 Å². The third-order valence-corrected chi connectivity index (χ3v) is 6.73. The molecule has 1 rings (SSSR count). The number of hydrogen-bond acceptors (Lipinski definition) is 3. The Bertz CT molecular complexity index is 405. The number of quaternary nitrogens is 1. The molecule has 0 bridgehead atoms. The van der Waals surface area contributed by atoms with Gasteiger partial charge in [0.25, 0.3) is 10.1 Å². The molecule has 0 heterocycles. The minimum Gasteiger partial charge on any atom is -0.324 e. The summed E-state index contributed by atoms with van der Waals surface area (Å²) < 4.78 is 36.4. The van der Waals surface area contributed by atoms with Crippen molar-refractivity contribution < 1.29 is 21.8 Å². The Kier molecular flexibility index (Phi) is 13.8. The molecule has 6 heteroatoms. The van der Waals surface area contributed by atoms with Crippen molar-refractivity contribution in [2.45, 2.75) is 97.4 Å². The molecule has 0 radical (unpaired) electrons. The van der Waals surface area contributed by atoms with Gasteiger partial charge in [0, 0.05) is 0 Å². The molecule has 4 nitrogen and oxygen atoms in total. The van der Waals surface area contributed by atoms with E-state index in [1.165, 1.54) is 56.1 Å². The van der Waals surface area contributed by atoms with Gasteiger partial charge in [0.15, 0.2) is 0 Å². The van der Waals surface area contributed by atoms with Crippen LogP contribution in [0.3, 0.4) is 0 Å². The maximum absolute atomic E-state index is 11.3. The number of halogens is 1. The summed E-state index contributed by atoms with van der Waals surface area (Å²) >= 11 is 0. The highest BCUT2D eigenvalue weighted by atomic mass is 32.2. The summed E-state index contributed by atoms with van der Waals surface area (Å²) in [5.41, 5.74) is 0. The van der Waals surface area contributed by atoms with Gasteiger partial charge >= 0.3 is 0 Å². The van der Waals surface area contributed by atoms with Gasteiger partial charge in [0.1, 0.15) is 0 Å². The lowest BCUT2D eigenvalue weighted by Crippen LogP contribution is -2.52. The highest BCUT2D eigenvalue weighted by molar-refractivity contribution is 7.86. The van der Waals surface area contributed by atoms with Gasteiger partial charge in [0.05, 0.1) is 31.9 Å². The largest absolute Gasteiger partial charge is 0.324 e. The molecule has 25 heavy (non-hydrogen) atoms. The SMILES string of the molecule is CCCCCCCCS(=O)(=O)OF.CC[N+](C)(CC)C1CCCCC1. The summed E-state index contributed by atoms with van der Waals surface area (Å²) in [6.07, 6.45) is 13.1. The van der Waals surface area contributed by atoms with Gasteiger partial charge in [-0.15, -0.1) is 0 Å². The zero-order valence-corrected chi connectivity index (χ0v) is 17.8. The second-order valence-corrected chi connectivity index (χ2v) is 9.15. The number of rotatable bonds is 11. The first-order chi connectivity index (χ1) is 11.8. The molecule has 1 fully saturated rings. The molecule has 152 valence electrons. The normalized spacial score (nSPS) is 16.4. The van der Waals surface area contributed by atoms with Crippen molar-refractivity contribution in [2.75, 3.05) is 25.9 Å². The van der Waals surface area contributed by atoms with E-state index in [0.717, 1.165) is 31.7 Å². The molecule has 0 atom stereocenters. The molecule has 0 amide bonds. The van der Waals surface area contributed by atoms with Crippen LogP contribution in [0.2, 0.25) is 0 Å². The fourth-order valence-corrected chi connectivity index (χ4v) is 4.16. The fraction of sp³-hybridized carbons (Fsp3) is 1.00. The molecular formula is C19H41FNO3S+. The number of nitrogens with zero attached hydrogens (tertiary/aromatic N) is 1. The maximum Gasteiger partial charge on any atom is 0.297 e. The van der Waals surface area contributed by atoms with Crippen molar-refractivity contribution >= 4 is 10.1 Å². The quantitative estimate of drug-likeness (QED) is 0.356. The molecule has 1 aliphatic carbocycles. The first-order valence-electron chi connectivity index (χ1n) is 10.2. The molecular weight excluding hydrogens is 341 g/mol. The Labute approximate surface area is 155 Å². The van der Waals surface area contributed by atoms with Crippen molar-refractivity contribution in [3.8, 4) is 0 Å². The molecule has 1 aliphatic rings. The Morgan fingerprint density at radius 1 is 0.920 bits per heavy atom. The van der Waals surface area contributed by atoms with E-state index in [1.807, 2.05) is 0 Å². The zero-order valence-electron chi connectivity index (χ0n) is 16.9. The van der Waals surface area contributed by atoms with E-state index in [-0.39, 0.29) is 5.75 Å². The molecule has 0 aromatic heterocycles. The zero-order chi connectivity index (χ0) is 19.2. The van der Waals surface area contributed by atoms with E-state index in [9.17, 15) is 12.9 Å². The van der Waals surface area contributed by atoms with Gasteiger partial charge in [-0.3, -0.25) is 0 Å². The van der Waals surface area contributed by atoms with Gasteiger partial charge in [-0.05, 0) is 50.5 Å². The number of hydrogen-bond donors (Lipinski definition) is 0. The van der Waals surface area contributed by atoms with E-state index in [2.05, 4.69) is 32.2 Å². The van der Waals surface area contributed by atoms with Crippen LogP contribution < -0.4 is 0 Å². The van der Waals surface area contributed by atoms with Crippen molar-refractivity contribution in [1.29, 1.82) is 0 Å². The van der Waals surface area contributed by atoms with Crippen molar-refractivity contribution in [3.05, 3.63) is 0 Å². The third kappa shape index (κ3) is 11.2. The molecule has 1 saturated carbocycles. The van der Waals surface area contributed by atoms with Crippen LogP contribution in [0.4, 0.5) is 4.53 Å². The van der Waals surface area contributed by atoms with Crippen molar-refractivity contribution in [2.24, 2.45) is 0 Å². The lowest BCUT2D eigenvalue weighted by Gasteiger charge is -2.42. The summed E-state index contributed by atoms with van der Waals surface area (Å²) in [7, 11) is -1.45. The van der Waals surface area contributed by atoms with Crippen LogP contribution in [0.1, 0.15) is 91.4 Å². The van der Waals surface area contributed by atoms with Gasteiger partial charge in [-0.2, -0.15) is 8.42 Å². The predicted octanol–water partition coefficient (Wildman–Crippen LogP) is 5.38. The molecule has 0 saturated heterocycles. The molecule has 0 aromatic rings. The van der Waals surface area contributed by atoms with Crippen LogP contribution in [0.25, 0.3) is 0 Å². The Morgan fingerprint density at radius 2 is 1.44 bits per heavy atom. The first-order valence-corrected chi connectivity index (χ1v) is 11.8. The van der Waals surface area contributed by atoms with E-state index < -0.39 is 10.1 Å². The van der Waals surface area contributed by atoms with E-state index in [1.54, 1.807) is 0 Å². The van der Waals surface area contributed by atoms with Gasteiger partial charge < -0.3 is 4.48 Å². The smallest absolute Gasteiger partial charge is 0.297 e. The topological polar surface area (TPSA) is 43.4 Å². The minimum atomic E-state index is -3.88. The summed E-state index contributed by atoms with van der Waals surface area (Å²) in [6, 6.07) is 0.966. The Balaban J connectivity index is 0.000000462. The lowest BCUT2D eigenvalue weighted by molar-refractivity contribution is -0.931. The summed E-state index contributed by atoms with van der Waals surface area (Å²) in [4.78, 5) is 0. The summed E-state index contributed by atoms with van der Waals surface area (Å²) in [6.45, 7) is 9.39. The molecule has 0 N–H and O–H groups in total. The van der Waals surface area contributed by atoms with Crippen LogP contribution in [0, 0.1) is 0 Å². The second kappa shape index (κ2) is 13.9. The number of unbranched alkanes of at least 4 members (excludes halogenated alkanes) is 5. The van der Waals surface area contributed by atoms with Crippen LogP contribution >= 0.6 is 0 Å². The fourth-order valence-electron chi connectivity index (χ4n) is 3.54. The summed E-state index contributed by atoms with van der Waals surface area (Å²) in [5.74, 6) is -0.213. The maximum atomic E-state index is 11.3. The van der Waals surface area contributed by atoms with Crippen LogP contribution in [-0.4, -0.2) is 44.8 Å². The molecule has 0 aliphatic heterocycles. The summed E-state index contributed by atoms with van der Waals surface area (Å²) in [5, 5.41) is 0. The van der Waals surface area contributed by atoms with E-state index in [4.69, 9.17) is 0 Å². The van der Waals surface area contributed by atoms with Gasteiger partial charge in [-0.25, -0.2) is 0 Å². The van der Waals surface area contributed by atoms with Crippen molar-refractivity contribution in [1.82, 2.24) is 0 Å². The molecule has 0 spiro atoms. The van der Waals surface area contributed by atoms with E-state index >= 15 is 0 Å². The standard InChI is InChI=1S/C11H24N.C8H17FO3S/c1-4-12(3,5-2)11-9-7-6-8-10-11;1-2-3-4-5-6-7-8-13(10,11)12-9/h11H,4-10H2,1-3H3;2-8H2,1H3/q+1;. The van der Waals surface area contributed by atoms with E-state index in [0.29, 0.717) is 6.42 Å². The third-order valence-electron chi connectivity index (χ3n) is 5.74. The highest BCUT2D eigenvalue weighted by Gasteiger charge is 2.30. The molecule has 0 aromatic carbocycles. The molecule has 0 unspecified atom stereocenters. The van der Waals surface area contributed by atoms with Crippen molar-refractivity contribution in [3.63, 3.8) is 0 Å². The Hall–Kier alpha value is -0.200. The van der Waals surface area contributed by atoms with Gasteiger partial charge in [-0.1, -0.05) is 49.8 Å². The average Bonchev–Trinajstić information content (AvgIpc) is 2.65. The lowest BCUT2D eigenvalue weighted by atomic mass is 9.92. The monoisotopic (exact) mass is 382 g/mol. The minimum absolute atomic E-state index is 0.213. The van der Waals surface area contributed by atoms with Crippen LogP contribution in [0.5, 0.6) is 0 Å².